The Morgan fingerprint density at radius 2 is 2.07 bits per heavy atom. The summed E-state index contributed by atoms with van der Waals surface area (Å²) in [7, 11) is 1.57. The lowest BCUT2D eigenvalue weighted by atomic mass is 10.1. The summed E-state index contributed by atoms with van der Waals surface area (Å²) in [6.45, 7) is 0.789. The number of nitrogens with zero attached hydrogens (tertiary/aromatic N) is 2. The summed E-state index contributed by atoms with van der Waals surface area (Å²) in [5, 5.41) is 2.63. The second-order valence-electron chi connectivity index (χ2n) is 7.06. The smallest absolute Gasteiger partial charge is 0.434 e. The fourth-order valence-corrected chi connectivity index (χ4v) is 3.42. The maximum absolute atomic E-state index is 13.1. The second-order valence-corrected chi connectivity index (χ2v) is 7.06. The number of amides is 2. The van der Waals surface area contributed by atoms with Crippen molar-refractivity contribution in [2.45, 2.75) is 38.0 Å². The number of ether oxygens (including phenoxy) is 1. The highest BCUT2D eigenvalue weighted by molar-refractivity contribution is 5.95. The Kier molecular flexibility index (Phi) is 6.59. The van der Waals surface area contributed by atoms with E-state index in [-0.39, 0.29) is 12.3 Å². The van der Waals surface area contributed by atoms with Crippen molar-refractivity contribution in [3.63, 3.8) is 0 Å². The molecule has 1 fully saturated rings. The maximum Gasteiger partial charge on any atom is 0.434 e. The Labute approximate surface area is 172 Å². The maximum atomic E-state index is 13.1. The van der Waals surface area contributed by atoms with E-state index in [0.717, 1.165) is 17.8 Å². The molecule has 160 valence electrons. The van der Waals surface area contributed by atoms with Crippen LogP contribution >= 0.6 is 0 Å². The van der Waals surface area contributed by atoms with Gasteiger partial charge in [-0.15, -0.1) is 0 Å². The molecule has 2 amide bonds. The van der Waals surface area contributed by atoms with E-state index in [4.69, 9.17) is 4.74 Å². The highest BCUT2D eigenvalue weighted by Gasteiger charge is 2.37. The predicted octanol–water partition coefficient (Wildman–Crippen LogP) is 3.42. The van der Waals surface area contributed by atoms with Crippen molar-refractivity contribution in [3.8, 4) is 5.75 Å². The Morgan fingerprint density at radius 1 is 1.27 bits per heavy atom. The molecule has 1 saturated heterocycles. The minimum absolute atomic E-state index is 0.0630. The van der Waals surface area contributed by atoms with Crippen molar-refractivity contribution in [2.24, 2.45) is 0 Å². The molecule has 1 unspecified atom stereocenters. The van der Waals surface area contributed by atoms with Gasteiger partial charge in [-0.25, -0.2) is 0 Å². The average molecular weight is 421 g/mol. The molecule has 2 heterocycles. The fourth-order valence-electron chi connectivity index (χ4n) is 3.42. The number of carbonyl (C=O) groups is 2. The molecular formula is C21H22F3N3O3. The quantitative estimate of drug-likeness (QED) is 0.803. The van der Waals surface area contributed by atoms with Crippen molar-refractivity contribution in [1.29, 1.82) is 0 Å². The van der Waals surface area contributed by atoms with Crippen LogP contribution in [0.3, 0.4) is 0 Å². The first-order valence-corrected chi connectivity index (χ1v) is 9.51. The number of likely N-dealkylation sites (tertiary alicyclic amines) is 1. The first-order chi connectivity index (χ1) is 14.3. The van der Waals surface area contributed by atoms with Crippen LogP contribution in [0.1, 0.15) is 40.9 Å². The summed E-state index contributed by atoms with van der Waals surface area (Å²) in [5.41, 5.74) is -0.823. The van der Waals surface area contributed by atoms with Gasteiger partial charge < -0.3 is 15.0 Å². The molecule has 1 aromatic carbocycles. The Hall–Kier alpha value is -3.10. The number of carbonyl (C=O) groups excluding carboxylic acids is 2. The third-order valence-corrected chi connectivity index (χ3v) is 4.97. The molecule has 1 aliphatic rings. The zero-order valence-electron chi connectivity index (χ0n) is 16.4. The summed E-state index contributed by atoms with van der Waals surface area (Å²) < 4.78 is 44.5. The SMILES string of the molecule is COc1cccc(CN2CCC(NC(=O)c3cccnc3C(F)(F)F)CCC2=O)c1. The molecule has 3 rings (SSSR count). The van der Waals surface area contributed by atoms with Gasteiger partial charge in [0.05, 0.1) is 12.7 Å². The van der Waals surface area contributed by atoms with Crippen LogP contribution in [0, 0.1) is 0 Å². The highest BCUT2D eigenvalue weighted by Crippen LogP contribution is 2.30. The molecule has 0 bridgehead atoms. The predicted molar refractivity (Wildman–Crippen MR) is 103 cm³/mol. The number of halogens is 3. The van der Waals surface area contributed by atoms with Crippen LogP contribution in [0.4, 0.5) is 13.2 Å². The topological polar surface area (TPSA) is 71.5 Å². The zero-order valence-corrected chi connectivity index (χ0v) is 16.4. The van der Waals surface area contributed by atoms with E-state index in [9.17, 15) is 22.8 Å². The van der Waals surface area contributed by atoms with Gasteiger partial charge in [0.2, 0.25) is 5.91 Å². The molecule has 1 aromatic heterocycles. The molecule has 0 radical (unpaired) electrons. The molecule has 2 aromatic rings. The van der Waals surface area contributed by atoms with Crippen molar-refractivity contribution in [3.05, 3.63) is 59.4 Å². The van der Waals surface area contributed by atoms with Crippen LogP contribution in [-0.2, 0) is 17.5 Å². The second kappa shape index (κ2) is 9.15. The van der Waals surface area contributed by atoms with E-state index < -0.39 is 29.4 Å². The van der Waals surface area contributed by atoms with Gasteiger partial charge in [-0.05, 0) is 42.7 Å². The standard InChI is InChI=1S/C21H22F3N3O3/c1-30-16-5-2-4-14(12-16)13-27-11-9-15(7-8-18(27)28)26-20(29)17-6-3-10-25-19(17)21(22,23)24/h2-6,10,12,15H,7-9,11,13H2,1H3,(H,26,29). The normalized spacial score (nSPS) is 17.4. The molecule has 1 atom stereocenters. The monoisotopic (exact) mass is 421 g/mol. The van der Waals surface area contributed by atoms with Crippen molar-refractivity contribution in [2.75, 3.05) is 13.7 Å². The molecule has 0 spiro atoms. The first kappa shape index (κ1) is 21.6. The number of aromatic nitrogens is 1. The lowest BCUT2D eigenvalue weighted by Crippen LogP contribution is -2.37. The highest BCUT2D eigenvalue weighted by atomic mass is 19.4. The number of rotatable bonds is 5. The fraction of sp³-hybridized carbons (Fsp3) is 0.381. The molecule has 1 N–H and O–H groups in total. The first-order valence-electron chi connectivity index (χ1n) is 9.51. The van der Waals surface area contributed by atoms with Crippen LogP contribution in [0.2, 0.25) is 0 Å². The average Bonchev–Trinajstić information content (AvgIpc) is 2.89. The van der Waals surface area contributed by atoms with E-state index >= 15 is 0 Å². The van der Waals surface area contributed by atoms with E-state index in [0.29, 0.717) is 31.7 Å². The van der Waals surface area contributed by atoms with Gasteiger partial charge in [-0.3, -0.25) is 14.6 Å². The summed E-state index contributed by atoms with van der Waals surface area (Å²) in [6.07, 6.45) is -2.71. The lowest BCUT2D eigenvalue weighted by molar-refractivity contribution is -0.141. The van der Waals surface area contributed by atoms with Gasteiger partial charge in [-0.2, -0.15) is 13.2 Å². The third-order valence-electron chi connectivity index (χ3n) is 4.97. The van der Waals surface area contributed by atoms with Gasteiger partial charge in [-0.1, -0.05) is 12.1 Å². The molecule has 0 saturated carbocycles. The minimum Gasteiger partial charge on any atom is -0.497 e. The van der Waals surface area contributed by atoms with Crippen LogP contribution in [0.25, 0.3) is 0 Å². The number of hydrogen-bond acceptors (Lipinski definition) is 4. The van der Waals surface area contributed by atoms with E-state index in [1.54, 1.807) is 12.0 Å². The molecule has 1 aliphatic heterocycles. The number of hydrogen-bond donors (Lipinski definition) is 1. The van der Waals surface area contributed by atoms with Crippen LogP contribution in [-0.4, -0.2) is 41.4 Å². The van der Waals surface area contributed by atoms with Gasteiger partial charge in [0.15, 0.2) is 5.69 Å². The lowest BCUT2D eigenvalue weighted by Gasteiger charge is -2.21. The zero-order chi connectivity index (χ0) is 21.7. The number of pyridine rings is 1. The Bertz CT molecular complexity index is 918. The van der Waals surface area contributed by atoms with Gasteiger partial charge in [0, 0.05) is 31.7 Å². The molecular weight excluding hydrogens is 399 g/mol. The van der Waals surface area contributed by atoms with Crippen molar-refractivity contribution < 1.29 is 27.5 Å². The molecule has 0 aliphatic carbocycles. The molecule has 9 heteroatoms. The van der Waals surface area contributed by atoms with Crippen molar-refractivity contribution in [1.82, 2.24) is 15.2 Å². The molecule has 30 heavy (non-hydrogen) atoms. The van der Waals surface area contributed by atoms with E-state index in [1.807, 2.05) is 24.3 Å². The molecule has 6 nitrogen and oxygen atoms in total. The van der Waals surface area contributed by atoms with E-state index in [1.165, 1.54) is 6.07 Å². The minimum atomic E-state index is -4.72. The largest absolute Gasteiger partial charge is 0.497 e. The summed E-state index contributed by atoms with van der Waals surface area (Å²) in [6, 6.07) is 9.37. The van der Waals surface area contributed by atoms with Crippen molar-refractivity contribution >= 4 is 11.8 Å². The van der Waals surface area contributed by atoms with Gasteiger partial charge in [0.1, 0.15) is 5.75 Å². The van der Waals surface area contributed by atoms with Gasteiger partial charge >= 0.3 is 6.18 Å². The number of benzene rings is 1. The summed E-state index contributed by atoms with van der Waals surface area (Å²) in [4.78, 5) is 29.9. The van der Waals surface area contributed by atoms with Crippen LogP contribution in [0.5, 0.6) is 5.75 Å². The van der Waals surface area contributed by atoms with E-state index in [2.05, 4.69) is 10.3 Å². The Morgan fingerprint density at radius 3 is 2.80 bits per heavy atom. The number of alkyl halides is 3. The third kappa shape index (κ3) is 5.28. The summed E-state index contributed by atoms with van der Waals surface area (Å²) in [5.74, 6) is -0.210. The van der Waals surface area contributed by atoms with Crippen LogP contribution in [0.15, 0.2) is 42.6 Å². The summed E-state index contributed by atoms with van der Waals surface area (Å²) >= 11 is 0. The van der Waals surface area contributed by atoms with Crippen LogP contribution < -0.4 is 10.1 Å². The number of nitrogens with one attached hydrogen (secondary N) is 1. The Balaban J connectivity index is 1.65. The van der Waals surface area contributed by atoms with Gasteiger partial charge in [0.25, 0.3) is 5.91 Å². The number of methoxy groups -OCH3 is 1.